The number of aromatic nitrogens is 6. The zero-order valence-corrected chi connectivity index (χ0v) is 18.6. The monoisotopic (exact) mass is 436 g/mol. The van der Waals surface area contributed by atoms with Gasteiger partial charge in [0.15, 0.2) is 0 Å². The fraction of sp³-hybridized carbons (Fsp3) is 0.455. The molecule has 0 bridgehead atoms. The Bertz CT molecular complexity index is 1100. The number of rotatable bonds is 7. The minimum absolute atomic E-state index is 0.104. The summed E-state index contributed by atoms with van der Waals surface area (Å²) < 4.78 is 1.50. The van der Waals surface area contributed by atoms with Crippen LogP contribution >= 0.6 is 0 Å². The van der Waals surface area contributed by atoms with Crippen molar-refractivity contribution in [2.75, 3.05) is 25.0 Å². The van der Waals surface area contributed by atoms with Crippen LogP contribution < -0.4 is 5.32 Å². The van der Waals surface area contributed by atoms with Crippen LogP contribution in [0.1, 0.15) is 48.4 Å². The average Bonchev–Trinajstić information content (AvgIpc) is 3.28. The Labute approximate surface area is 186 Å². The van der Waals surface area contributed by atoms with E-state index in [0.717, 1.165) is 31.6 Å². The molecule has 168 valence electrons. The van der Waals surface area contributed by atoms with Crippen LogP contribution in [0.4, 0.5) is 5.82 Å². The SMILES string of the molecule is CC(C)CN1CCc2cnc(C(=O)Nc3cccc(-c4nnnn4[C@H](C)CO)n3)cc2C1. The number of amides is 1. The number of pyridine rings is 2. The summed E-state index contributed by atoms with van der Waals surface area (Å²) >= 11 is 0. The predicted molar refractivity (Wildman–Crippen MR) is 119 cm³/mol. The Morgan fingerprint density at radius 3 is 2.88 bits per heavy atom. The van der Waals surface area contributed by atoms with Gasteiger partial charge in [-0.2, -0.15) is 0 Å². The maximum Gasteiger partial charge on any atom is 0.275 e. The molecule has 10 heteroatoms. The second kappa shape index (κ2) is 9.49. The highest BCUT2D eigenvalue weighted by Gasteiger charge is 2.20. The van der Waals surface area contributed by atoms with E-state index in [9.17, 15) is 9.90 Å². The maximum atomic E-state index is 12.9. The molecule has 3 aromatic rings. The number of carbonyl (C=O) groups is 1. The van der Waals surface area contributed by atoms with Crippen molar-refractivity contribution in [3.05, 3.63) is 47.3 Å². The first-order valence-electron chi connectivity index (χ1n) is 10.8. The Kier molecular flexibility index (Phi) is 6.52. The molecule has 0 aromatic carbocycles. The summed E-state index contributed by atoms with van der Waals surface area (Å²) in [7, 11) is 0. The largest absolute Gasteiger partial charge is 0.394 e. The smallest absolute Gasteiger partial charge is 0.275 e. The molecule has 10 nitrogen and oxygen atoms in total. The first kappa shape index (κ1) is 22.0. The van der Waals surface area contributed by atoms with Gasteiger partial charge in [-0.25, -0.2) is 9.67 Å². The number of aliphatic hydroxyl groups is 1. The van der Waals surface area contributed by atoms with Crippen molar-refractivity contribution < 1.29 is 9.90 Å². The lowest BCUT2D eigenvalue weighted by atomic mass is 10.00. The zero-order valence-electron chi connectivity index (χ0n) is 18.6. The van der Waals surface area contributed by atoms with Crippen LogP contribution in [-0.2, 0) is 13.0 Å². The number of anilines is 1. The molecule has 0 saturated heterocycles. The lowest BCUT2D eigenvalue weighted by Gasteiger charge is -2.30. The van der Waals surface area contributed by atoms with E-state index >= 15 is 0 Å². The van der Waals surface area contributed by atoms with Gasteiger partial charge in [0.1, 0.15) is 17.2 Å². The number of hydrogen-bond donors (Lipinski definition) is 2. The average molecular weight is 437 g/mol. The number of carbonyl (C=O) groups excluding carboxylic acids is 1. The van der Waals surface area contributed by atoms with Crippen molar-refractivity contribution in [1.29, 1.82) is 0 Å². The van der Waals surface area contributed by atoms with Gasteiger partial charge in [0, 0.05) is 25.8 Å². The Balaban J connectivity index is 1.51. The zero-order chi connectivity index (χ0) is 22.7. The molecule has 0 fully saturated rings. The highest BCUT2D eigenvalue weighted by atomic mass is 16.3. The normalized spacial score (nSPS) is 14.9. The third-order valence-electron chi connectivity index (χ3n) is 5.42. The molecule has 2 N–H and O–H groups in total. The van der Waals surface area contributed by atoms with Crippen molar-refractivity contribution in [1.82, 2.24) is 35.1 Å². The van der Waals surface area contributed by atoms with Crippen LogP contribution in [0, 0.1) is 5.92 Å². The Morgan fingerprint density at radius 1 is 1.25 bits per heavy atom. The van der Waals surface area contributed by atoms with Crippen LogP contribution in [0.3, 0.4) is 0 Å². The highest BCUT2D eigenvalue weighted by molar-refractivity contribution is 6.02. The lowest BCUT2D eigenvalue weighted by Crippen LogP contribution is -2.33. The number of tetrazole rings is 1. The molecule has 0 spiro atoms. The van der Waals surface area contributed by atoms with Gasteiger partial charge < -0.3 is 10.4 Å². The second-order valence-electron chi connectivity index (χ2n) is 8.56. The van der Waals surface area contributed by atoms with Crippen molar-refractivity contribution >= 4 is 11.7 Å². The quantitative estimate of drug-likeness (QED) is 0.576. The maximum absolute atomic E-state index is 12.9. The summed E-state index contributed by atoms with van der Waals surface area (Å²) in [5, 5.41) is 23.8. The number of nitrogens with zero attached hydrogens (tertiary/aromatic N) is 7. The highest BCUT2D eigenvalue weighted by Crippen LogP contribution is 2.21. The summed E-state index contributed by atoms with van der Waals surface area (Å²) in [6, 6.07) is 6.81. The molecular formula is C22H28N8O2. The summed E-state index contributed by atoms with van der Waals surface area (Å²) in [5.74, 6) is 1.07. The van der Waals surface area contributed by atoms with Gasteiger partial charge in [-0.05, 0) is 59.0 Å². The Morgan fingerprint density at radius 2 is 2.09 bits per heavy atom. The Hall–Kier alpha value is -3.24. The standard InChI is InChI=1S/C22H28N8O2/c1-14(2)11-29-8-7-16-10-23-19(9-17(16)12-29)22(32)25-20-6-4-5-18(24-20)21-26-27-28-30(21)15(3)13-31/h4-6,9-10,14-15,31H,7-8,11-13H2,1-3H3,(H,24,25,32)/t15-/m1/s1. The van der Waals surface area contributed by atoms with Gasteiger partial charge >= 0.3 is 0 Å². The number of hydrogen-bond acceptors (Lipinski definition) is 8. The van der Waals surface area contributed by atoms with E-state index in [2.05, 4.69) is 49.6 Å². The minimum Gasteiger partial charge on any atom is -0.394 e. The van der Waals surface area contributed by atoms with E-state index in [4.69, 9.17) is 0 Å². The predicted octanol–water partition coefficient (Wildman–Crippen LogP) is 1.95. The van der Waals surface area contributed by atoms with Gasteiger partial charge in [0.25, 0.3) is 5.91 Å². The van der Waals surface area contributed by atoms with Crippen molar-refractivity contribution in [3.63, 3.8) is 0 Å². The van der Waals surface area contributed by atoms with E-state index < -0.39 is 0 Å². The third kappa shape index (κ3) is 4.81. The molecule has 3 aromatic heterocycles. The molecule has 0 saturated carbocycles. The van der Waals surface area contributed by atoms with E-state index in [1.807, 2.05) is 12.3 Å². The van der Waals surface area contributed by atoms with E-state index in [1.165, 1.54) is 10.2 Å². The van der Waals surface area contributed by atoms with E-state index in [1.54, 1.807) is 25.1 Å². The molecule has 4 rings (SSSR count). The fourth-order valence-electron chi connectivity index (χ4n) is 3.84. The van der Waals surface area contributed by atoms with Crippen LogP contribution in [0.5, 0.6) is 0 Å². The van der Waals surface area contributed by atoms with Crippen molar-refractivity contribution in [2.45, 2.75) is 39.8 Å². The summed E-state index contributed by atoms with van der Waals surface area (Å²) in [5.41, 5.74) is 3.21. The molecule has 0 aliphatic carbocycles. The molecule has 1 amide bonds. The molecule has 4 heterocycles. The van der Waals surface area contributed by atoms with E-state index in [-0.39, 0.29) is 18.6 Å². The molecule has 1 aliphatic heterocycles. The molecule has 0 unspecified atom stereocenters. The van der Waals surface area contributed by atoms with Crippen LogP contribution in [0.2, 0.25) is 0 Å². The molecular weight excluding hydrogens is 408 g/mol. The summed E-state index contributed by atoms with van der Waals surface area (Å²) in [6.07, 6.45) is 2.76. The van der Waals surface area contributed by atoms with Gasteiger partial charge in [-0.1, -0.05) is 19.9 Å². The van der Waals surface area contributed by atoms with Crippen LogP contribution in [0.15, 0.2) is 30.5 Å². The molecule has 1 aliphatic rings. The fourth-order valence-corrected chi connectivity index (χ4v) is 3.84. The number of fused-ring (bicyclic) bond motifs is 1. The first-order valence-corrected chi connectivity index (χ1v) is 10.8. The van der Waals surface area contributed by atoms with Crippen molar-refractivity contribution in [3.8, 4) is 11.5 Å². The third-order valence-corrected chi connectivity index (χ3v) is 5.42. The molecule has 32 heavy (non-hydrogen) atoms. The lowest BCUT2D eigenvalue weighted by molar-refractivity contribution is 0.102. The minimum atomic E-state index is -0.318. The van der Waals surface area contributed by atoms with Crippen molar-refractivity contribution in [2.24, 2.45) is 5.92 Å². The van der Waals surface area contributed by atoms with Crippen LogP contribution in [-0.4, -0.2) is 65.8 Å². The topological polar surface area (TPSA) is 122 Å². The van der Waals surface area contributed by atoms with Gasteiger partial charge in [-0.15, -0.1) is 5.10 Å². The molecule has 0 radical (unpaired) electrons. The van der Waals surface area contributed by atoms with E-state index in [0.29, 0.717) is 28.9 Å². The van der Waals surface area contributed by atoms with Gasteiger partial charge in [0.2, 0.25) is 5.82 Å². The second-order valence-corrected chi connectivity index (χ2v) is 8.56. The van der Waals surface area contributed by atoms with Gasteiger partial charge in [-0.3, -0.25) is 14.7 Å². The summed E-state index contributed by atoms with van der Waals surface area (Å²) in [4.78, 5) is 24.1. The van der Waals surface area contributed by atoms with Crippen LogP contribution in [0.25, 0.3) is 11.5 Å². The first-order chi connectivity index (χ1) is 15.4. The number of aliphatic hydroxyl groups excluding tert-OH is 1. The summed E-state index contributed by atoms with van der Waals surface area (Å²) in [6.45, 7) is 9.01. The molecule has 1 atom stereocenters. The number of nitrogens with one attached hydrogen (secondary N) is 1. The van der Waals surface area contributed by atoms with Gasteiger partial charge in [0.05, 0.1) is 12.6 Å².